The first kappa shape index (κ1) is 16.3. The SMILES string of the molecule is BrC1=CC=CC(N(c2ccccc2)c2cccc(Br)c2I)C1. The number of benzene rings is 2. The maximum atomic E-state index is 3.65. The minimum Gasteiger partial charge on any atom is -0.333 e. The highest BCUT2D eigenvalue weighted by atomic mass is 127. The van der Waals surface area contributed by atoms with E-state index in [-0.39, 0.29) is 0 Å². The van der Waals surface area contributed by atoms with E-state index >= 15 is 0 Å². The summed E-state index contributed by atoms with van der Waals surface area (Å²) in [6.45, 7) is 0. The van der Waals surface area contributed by atoms with Crippen LogP contribution in [-0.2, 0) is 0 Å². The third-order valence-corrected chi connectivity index (χ3v) is 6.70. The number of anilines is 2. The largest absolute Gasteiger partial charge is 0.333 e. The minimum atomic E-state index is 0.296. The summed E-state index contributed by atoms with van der Waals surface area (Å²) in [5, 5.41) is 0. The van der Waals surface area contributed by atoms with Gasteiger partial charge in [-0.1, -0.05) is 58.4 Å². The average Bonchev–Trinajstić information content (AvgIpc) is 2.53. The van der Waals surface area contributed by atoms with Gasteiger partial charge in [0.2, 0.25) is 0 Å². The van der Waals surface area contributed by atoms with Crippen molar-refractivity contribution in [1.29, 1.82) is 0 Å². The molecule has 4 heteroatoms. The summed E-state index contributed by atoms with van der Waals surface area (Å²) in [6, 6.07) is 17.2. The molecule has 3 rings (SSSR count). The van der Waals surface area contributed by atoms with E-state index in [2.05, 4.69) is 126 Å². The standard InChI is InChI=1S/C18H14Br2IN/c19-13-6-4-9-15(12-13)22(14-7-2-1-3-8-14)17-11-5-10-16(20)18(17)21/h1-11,15H,12H2. The first-order valence-electron chi connectivity index (χ1n) is 6.98. The monoisotopic (exact) mass is 529 g/mol. The molecule has 0 saturated carbocycles. The molecule has 0 aliphatic heterocycles. The zero-order valence-electron chi connectivity index (χ0n) is 11.7. The predicted molar refractivity (Wildman–Crippen MR) is 110 cm³/mol. The number of rotatable bonds is 3. The van der Waals surface area contributed by atoms with E-state index in [1.807, 2.05) is 0 Å². The highest BCUT2D eigenvalue weighted by molar-refractivity contribution is 14.1. The van der Waals surface area contributed by atoms with Crippen molar-refractivity contribution in [3.05, 3.63) is 79.3 Å². The molecule has 0 fully saturated rings. The molecule has 1 aliphatic rings. The molecule has 0 aromatic heterocycles. The Hall–Kier alpha value is -0.590. The van der Waals surface area contributed by atoms with Gasteiger partial charge in [0, 0.05) is 16.6 Å². The Kier molecular flexibility index (Phi) is 5.42. The Labute approximate surface area is 161 Å². The zero-order chi connectivity index (χ0) is 15.5. The molecule has 1 nitrogen and oxygen atoms in total. The van der Waals surface area contributed by atoms with E-state index < -0.39 is 0 Å². The molecule has 0 spiro atoms. The fourth-order valence-corrected chi connectivity index (χ4v) is 4.04. The quantitative estimate of drug-likeness (QED) is 0.395. The summed E-state index contributed by atoms with van der Waals surface area (Å²) in [5.74, 6) is 0. The van der Waals surface area contributed by atoms with Crippen molar-refractivity contribution in [3.8, 4) is 0 Å². The summed E-state index contributed by atoms with van der Waals surface area (Å²) >= 11 is 9.71. The summed E-state index contributed by atoms with van der Waals surface area (Å²) in [7, 11) is 0. The summed E-state index contributed by atoms with van der Waals surface area (Å²) < 4.78 is 3.58. The molecule has 0 saturated heterocycles. The number of hydrogen-bond acceptors (Lipinski definition) is 1. The second-order valence-electron chi connectivity index (χ2n) is 5.05. The molecule has 1 aliphatic carbocycles. The normalized spacial score (nSPS) is 17.2. The summed E-state index contributed by atoms with van der Waals surface area (Å²) in [5.41, 5.74) is 2.42. The lowest BCUT2D eigenvalue weighted by Crippen LogP contribution is -2.31. The third kappa shape index (κ3) is 3.49. The van der Waals surface area contributed by atoms with Crippen molar-refractivity contribution in [2.45, 2.75) is 12.5 Å². The van der Waals surface area contributed by atoms with Gasteiger partial charge >= 0.3 is 0 Å². The van der Waals surface area contributed by atoms with Crippen LogP contribution in [0.25, 0.3) is 0 Å². The van der Waals surface area contributed by atoms with Gasteiger partial charge in [0.15, 0.2) is 0 Å². The fraction of sp³-hybridized carbons (Fsp3) is 0.111. The van der Waals surface area contributed by atoms with Crippen LogP contribution in [0.15, 0.2) is 75.7 Å². The van der Waals surface area contributed by atoms with Crippen LogP contribution in [-0.4, -0.2) is 6.04 Å². The van der Waals surface area contributed by atoms with E-state index in [1.165, 1.54) is 19.4 Å². The molecule has 0 N–H and O–H groups in total. The second kappa shape index (κ2) is 7.32. The summed E-state index contributed by atoms with van der Waals surface area (Å²) in [6.07, 6.45) is 7.47. The lowest BCUT2D eigenvalue weighted by Gasteiger charge is -2.34. The number of hydrogen-bond donors (Lipinski definition) is 0. The maximum Gasteiger partial charge on any atom is 0.0571 e. The molecule has 0 radical (unpaired) electrons. The van der Waals surface area contributed by atoms with Crippen LogP contribution >= 0.6 is 54.5 Å². The van der Waals surface area contributed by atoms with E-state index in [0.717, 1.165) is 10.9 Å². The van der Waals surface area contributed by atoms with E-state index in [4.69, 9.17) is 0 Å². The van der Waals surface area contributed by atoms with Crippen molar-refractivity contribution in [2.24, 2.45) is 0 Å². The van der Waals surface area contributed by atoms with Gasteiger partial charge in [-0.2, -0.15) is 0 Å². The van der Waals surface area contributed by atoms with Crippen molar-refractivity contribution in [2.75, 3.05) is 4.90 Å². The molecule has 0 amide bonds. The Morgan fingerprint density at radius 2 is 1.77 bits per heavy atom. The van der Waals surface area contributed by atoms with E-state index in [9.17, 15) is 0 Å². The van der Waals surface area contributed by atoms with Crippen molar-refractivity contribution < 1.29 is 0 Å². The molecule has 112 valence electrons. The van der Waals surface area contributed by atoms with Crippen LogP contribution in [0.1, 0.15) is 6.42 Å². The van der Waals surface area contributed by atoms with Crippen LogP contribution in [0.2, 0.25) is 0 Å². The molecular weight excluding hydrogens is 517 g/mol. The first-order valence-corrected chi connectivity index (χ1v) is 9.64. The lowest BCUT2D eigenvalue weighted by atomic mass is 10.0. The van der Waals surface area contributed by atoms with E-state index in [0.29, 0.717) is 6.04 Å². The highest BCUT2D eigenvalue weighted by Crippen LogP contribution is 2.38. The van der Waals surface area contributed by atoms with Gasteiger partial charge in [-0.25, -0.2) is 0 Å². The molecule has 1 atom stereocenters. The van der Waals surface area contributed by atoms with Crippen molar-refractivity contribution in [1.82, 2.24) is 0 Å². The van der Waals surface area contributed by atoms with Gasteiger partial charge in [0.25, 0.3) is 0 Å². The highest BCUT2D eigenvalue weighted by Gasteiger charge is 2.23. The van der Waals surface area contributed by atoms with Gasteiger partial charge in [-0.15, -0.1) is 0 Å². The predicted octanol–water partition coefficient (Wildman–Crippen LogP) is 6.80. The topological polar surface area (TPSA) is 3.24 Å². The number of allylic oxidation sites excluding steroid dienone is 2. The number of halogens is 3. The van der Waals surface area contributed by atoms with Gasteiger partial charge in [-0.05, 0) is 67.3 Å². The molecule has 1 unspecified atom stereocenters. The minimum absolute atomic E-state index is 0.296. The molecule has 22 heavy (non-hydrogen) atoms. The smallest absolute Gasteiger partial charge is 0.0571 e. The number of para-hydroxylation sites is 1. The first-order chi connectivity index (χ1) is 10.7. The molecular formula is C18H14Br2IN. The van der Waals surface area contributed by atoms with Crippen LogP contribution < -0.4 is 4.90 Å². The van der Waals surface area contributed by atoms with Crippen molar-refractivity contribution in [3.63, 3.8) is 0 Å². The second-order valence-corrected chi connectivity index (χ2v) is 8.00. The van der Waals surface area contributed by atoms with Gasteiger partial charge in [-0.3, -0.25) is 0 Å². The zero-order valence-corrected chi connectivity index (χ0v) is 17.0. The van der Waals surface area contributed by atoms with Crippen LogP contribution in [0.4, 0.5) is 11.4 Å². The number of nitrogens with zero attached hydrogens (tertiary/aromatic N) is 1. The Morgan fingerprint density at radius 1 is 1.00 bits per heavy atom. The van der Waals surface area contributed by atoms with Crippen LogP contribution in [0.5, 0.6) is 0 Å². The van der Waals surface area contributed by atoms with Crippen LogP contribution in [0.3, 0.4) is 0 Å². The van der Waals surface area contributed by atoms with Gasteiger partial charge in [0.05, 0.1) is 15.3 Å². The average molecular weight is 531 g/mol. The molecule has 0 heterocycles. The van der Waals surface area contributed by atoms with Gasteiger partial charge < -0.3 is 4.90 Å². The van der Waals surface area contributed by atoms with Gasteiger partial charge in [0.1, 0.15) is 0 Å². The van der Waals surface area contributed by atoms with E-state index in [1.54, 1.807) is 0 Å². The maximum absolute atomic E-state index is 3.65. The van der Waals surface area contributed by atoms with Crippen LogP contribution in [0, 0.1) is 3.57 Å². The Morgan fingerprint density at radius 3 is 2.50 bits per heavy atom. The molecule has 0 bridgehead atoms. The van der Waals surface area contributed by atoms with Crippen molar-refractivity contribution >= 4 is 65.8 Å². The molecule has 2 aromatic rings. The summed E-state index contributed by atoms with van der Waals surface area (Å²) in [4.78, 5) is 2.40. The Bertz CT molecular complexity index is 725. The Balaban J connectivity index is 2.10. The lowest BCUT2D eigenvalue weighted by molar-refractivity contribution is 0.778. The fourth-order valence-electron chi connectivity index (χ4n) is 2.58. The third-order valence-electron chi connectivity index (χ3n) is 3.57. The molecule has 2 aromatic carbocycles.